The molecule has 0 N–H and O–H groups in total. The monoisotopic (exact) mass is 346 g/mol. The van der Waals surface area contributed by atoms with Crippen LogP contribution in [0.5, 0.6) is 0 Å². The fourth-order valence-corrected chi connectivity index (χ4v) is 3.08. The average molecular weight is 347 g/mol. The van der Waals surface area contributed by atoms with Gasteiger partial charge in [0.25, 0.3) is 0 Å². The summed E-state index contributed by atoms with van der Waals surface area (Å²) in [5, 5.41) is -0.360. The summed E-state index contributed by atoms with van der Waals surface area (Å²) in [4.78, 5) is 30.1. The molecule has 1 aliphatic rings. The van der Waals surface area contributed by atoms with Crippen LogP contribution in [0.15, 0.2) is 24.3 Å². The molecule has 6 heteroatoms. The Morgan fingerprint density at radius 2 is 2.00 bits per heavy atom. The lowest BCUT2D eigenvalue weighted by atomic mass is 9.95. The number of nitrogens with zero attached hydrogens (tertiary/aromatic N) is 2. The SMILES string of the molecule is Cc1cccc(C(C)C)c1N1C(=O)CC(=O)c2cc(F)c(Cl)nc21. The molecule has 0 fully saturated rings. The quantitative estimate of drug-likeness (QED) is 0.591. The number of para-hydroxylation sites is 1. The largest absolute Gasteiger partial charge is 0.293 e. The first kappa shape index (κ1) is 16.6. The number of halogens is 2. The van der Waals surface area contributed by atoms with Crippen LogP contribution in [-0.2, 0) is 4.79 Å². The number of anilines is 2. The number of carbonyl (C=O) groups is 2. The molecule has 0 spiro atoms. The molecular weight excluding hydrogens is 331 g/mol. The van der Waals surface area contributed by atoms with Gasteiger partial charge in [0.2, 0.25) is 5.91 Å². The number of hydrogen-bond donors (Lipinski definition) is 0. The molecule has 3 rings (SSSR count). The van der Waals surface area contributed by atoms with Crippen molar-refractivity contribution in [2.45, 2.75) is 33.1 Å². The number of benzene rings is 1. The molecule has 2 aromatic rings. The van der Waals surface area contributed by atoms with Gasteiger partial charge < -0.3 is 0 Å². The van der Waals surface area contributed by atoms with E-state index < -0.39 is 11.6 Å². The number of rotatable bonds is 2. The predicted molar refractivity (Wildman–Crippen MR) is 90.6 cm³/mol. The zero-order chi connectivity index (χ0) is 17.6. The van der Waals surface area contributed by atoms with Crippen molar-refractivity contribution in [3.05, 3.63) is 51.9 Å². The summed E-state index contributed by atoms with van der Waals surface area (Å²) >= 11 is 5.80. The highest BCUT2D eigenvalue weighted by Crippen LogP contribution is 2.40. The van der Waals surface area contributed by atoms with Gasteiger partial charge in [0, 0.05) is 0 Å². The van der Waals surface area contributed by atoms with E-state index in [1.807, 2.05) is 39.0 Å². The Morgan fingerprint density at radius 3 is 2.67 bits per heavy atom. The van der Waals surface area contributed by atoms with E-state index in [0.717, 1.165) is 17.2 Å². The van der Waals surface area contributed by atoms with Crippen LogP contribution in [0.1, 0.15) is 47.7 Å². The molecule has 0 unspecified atom stereocenters. The maximum atomic E-state index is 13.7. The van der Waals surface area contributed by atoms with E-state index in [1.54, 1.807) is 0 Å². The van der Waals surface area contributed by atoms with E-state index in [0.29, 0.717) is 5.69 Å². The van der Waals surface area contributed by atoms with Crippen molar-refractivity contribution >= 4 is 34.8 Å². The molecule has 0 radical (unpaired) electrons. The van der Waals surface area contributed by atoms with Crippen molar-refractivity contribution in [2.24, 2.45) is 0 Å². The molecule has 1 aromatic heterocycles. The fourth-order valence-electron chi connectivity index (χ4n) is 2.95. The minimum absolute atomic E-state index is 0.0782. The maximum absolute atomic E-state index is 13.7. The Kier molecular flexibility index (Phi) is 4.13. The van der Waals surface area contributed by atoms with Crippen molar-refractivity contribution in [1.82, 2.24) is 4.98 Å². The van der Waals surface area contributed by atoms with Crippen LogP contribution < -0.4 is 4.90 Å². The molecule has 1 amide bonds. The number of ketones is 1. The molecule has 24 heavy (non-hydrogen) atoms. The first-order valence-electron chi connectivity index (χ1n) is 7.63. The summed E-state index contributed by atoms with van der Waals surface area (Å²) in [5.74, 6) is -1.36. The topological polar surface area (TPSA) is 50.3 Å². The number of Topliss-reactive ketones (excluding diaryl/α,β-unsaturated/α-hetero) is 1. The van der Waals surface area contributed by atoms with E-state index in [1.165, 1.54) is 4.90 Å². The summed E-state index contributed by atoms with van der Waals surface area (Å²) in [7, 11) is 0. The second-order valence-electron chi connectivity index (χ2n) is 6.13. The van der Waals surface area contributed by atoms with Crippen LogP contribution in [0.4, 0.5) is 15.9 Å². The normalized spacial score (nSPS) is 14.3. The summed E-state index contributed by atoms with van der Waals surface area (Å²) < 4.78 is 13.7. The van der Waals surface area contributed by atoms with E-state index in [4.69, 9.17) is 11.6 Å². The Bertz CT molecular complexity index is 864. The lowest BCUT2D eigenvalue weighted by molar-refractivity contribution is -0.117. The van der Waals surface area contributed by atoms with Crippen molar-refractivity contribution in [3.63, 3.8) is 0 Å². The van der Waals surface area contributed by atoms with Crippen molar-refractivity contribution < 1.29 is 14.0 Å². The summed E-state index contributed by atoms with van der Waals surface area (Å²) in [6.07, 6.45) is -0.318. The van der Waals surface area contributed by atoms with Gasteiger partial charge in [-0.1, -0.05) is 43.6 Å². The third-order valence-electron chi connectivity index (χ3n) is 4.10. The number of carbonyl (C=O) groups excluding carboxylic acids is 2. The second kappa shape index (κ2) is 5.98. The van der Waals surface area contributed by atoms with Gasteiger partial charge >= 0.3 is 0 Å². The Balaban J connectivity index is 2.31. The van der Waals surface area contributed by atoms with Crippen molar-refractivity contribution in [1.29, 1.82) is 0 Å². The lowest BCUT2D eigenvalue weighted by Crippen LogP contribution is -2.36. The molecule has 4 nitrogen and oxygen atoms in total. The minimum atomic E-state index is -0.771. The Labute approximate surface area is 144 Å². The smallest absolute Gasteiger partial charge is 0.240 e. The van der Waals surface area contributed by atoms with Gasteiger partial charge in [-0.2, -0.15) is 0 Å². The molecule has 1 aromatic carbocycles. The van der Waals surface area contributed by atoms with Gasteiger partial charge in [-0.25, -0.2) is 9.37 Å². The van der Waals surface area contributed by atoms with E-state index in [-0.39, 0.29) is 34.8 Å². The molecule has 0 aliphatic carbocycles. The zero-order valence-corrected chi connectivity index (χ0v) is 14.3. The fraction of sp³-hybridized carbons (Fsp3) is 0.278. The molecule has 124 valence electrons. The third-order valence-corrected chi connectivity index (χ3v) is 4.37. The van der Waals surface area contributed by atoms with Crippen molar-refractivity contribution in [2.75, 3.05) is 4.90 Å². The molecule has 0 saturated carbocycles. The first-order chi connectivity index (χ1) is 11.3. The third kappa shape index (κ3) is 2.59. The van der Waals surface area contributed by atoms with Gasteiger partial charge in [-0.05, 0) is 30.0 Å². The lowest BCUT2D eigenvalue weighted by Gasteiger charge is -2.31. The van der Waals surface area contributed by atoms with Crippen LogP contribution in [0.2, 0.25) is 5.15 Å². The van der Waals surface area contributed by atoms with Gasteiger partial charge in [0.1, 0.15) is 0 Å². The summed E-state index contributed by atoms with van der Waals surface area (Å²) in [6, 6.07) is 6.79. The van der Waals surface area contributed by atoms with Crippen LogP contribution in [-0.4, -0.2) is 16.7 Å². The van der Waals surface area contributed by atoms with Crippen LogP contribution in [0, 0.1) is 12.7 Å². The van der Waals surface area contributed by atoms with E-state index in [2.05, 4.69) is 4.98 Å². The minimum Gasteiger partial charge on any atom is -0.293 e. The molecule has 0 saturated heterocycles. The van der Waals surface area contributed by atoms with Crippen LogP contribution in [0.25, 0.3) is 0 Å². The number of aromatic nitrogens is 1. The van der Waals surface area contributed by atoms with Crippen LogP contribution >= 0.6 is 11.6 Å². The molecule has 0 bridgehead atoms. The van der Waals surface area contributed by atoms with Gasteiger partial charge in [0.05, 0.1) is 17.7 Å². The first-order valence-corrected chi connectivity index (χ1v) is 8.00. The average Bonchev–Trinajstić information content (AvgIpc) is 2.50. The highest BCUT2D eigenvalue weighted by molar-refractivity contribution is 6.30. The van der Waals surface area contributed by atoms with Crippen LogP contribution in [0.3, 0.4) is 0 Å². The number of fused-ring (bicyclic) bond motifs is 1. The summed E-state index contributed by atoms with van der Waals surface area (Å²) in [6.45, 7) is 5.92. The van der Waals surface area contributed by atoms with Crippen molar-refractivity contribution in [3.8, 4) is 0 Å². The highest BCUT2D eigenvalue weighted by atomic mass is 35.5. The Morgan fingerprint density at radius 1 is 1.29 bits per heavy atom. The Hall–Kier alpha value is -2.27. The van der Waals surface area contributed by atoms with Gasteiger partial charge in [-0.15, -0.1) is 0 Å². The number of pyridine rings is 1. The zero-order valence-electron chi connectivity index (χ0n) is 13.6. The molecular formula is C18H16ClFN2O2. The summed E-state index contributed by atoms with van der Waals surface area (Å²) in [5.41, 5.74) is 2.58. The van der Waals surface area contributed by atoms with E-state index in [9.17, 15) is 14.0 Å². The number of amides is 1. The van der Waals surface area contributed by atoms with Gasteiger partial charge in [0.15, 0.2) is 22.6 Å². The van der Waals surface area contributed by atoms with E-state index >= 15 is 0 Å². The second-order valence-corrected chi connectivity index (χ2v) is 6.49. The molecule has 0 atom stereocenters. The highest BCUT2D eigenvalue weighted by Gasteiger charge is 2.35. The number of hydrogen-bond acceptors (Lipinski definition) is 3. The molecule has 2 heterocycles. The maximum Gasteiger partial charge on any atom is 0.240 e. The van der Waals surface area contributed by atoms with Gasteiger partial charge in [-0.3, -0.25) is 14.5 Å². The standard InChI is InChI=1S/C18H16ClFN2O2/c1-9(2)11-6-4-5-10(3)16(11)22-15(24)8-14(23)12-7-13(20)17(19)21-18(12)22/h4-7,9H,8H2,1-3H3. The molecule has 1 aliphatic heterocycles. The predicted octanol–water partition coefficient (Wildman–Crippen LogP) is 4.56. The number of aryl methyl sites for hydroxylation is 1.